The zero-order chi connectivity index (χ0) is 20.4. The molecule has 1 aromatic carbocycles. The van der Waals surface area contributed by atoms with Crippen molar-refractivity contribution < 1.29 is 19.0 Å². The number of likely N-dealkylation sites (N-methyl/N-ethyl adjacent to an activating group) is 1. The van der Waals surface area contributed by atoms with E-state index in [2.05, 4.69) is 15.6 Å². The summed E-state index contributed by atoms with van der Waals surface area (Å²) in [7, 11) is 6.68. The molecule has 2 N–H and O–H groups in total. The van der Waals surface area contributed by atoms with Crippen molar-refractivity contribution >= 4 is 35.8 Å². The van der Waals surface area contributed by atoms with Crippen LogP contribution in [-0.4, -0.2) is 70.9 Å². The number of hydrogen-bond donors (Lipinski definition) is 2. The lowest BCUT2D eigenvalue weighted by atomic mass is 10.1. The minimum absolute atomic E-state index is 0. The number of guanidine groups is 1. The van der Waals surface area contributed by atoms with E-state index in [-0.39, 0.29) is 42.5 Å². The second-order valence-electron chi connectivity index (χ2n) is 6.87. The molecule has 1 aliphatic heterocycles. The molecule has 1 amide bonds. The standard InChI is InChI=1S/C20H32N4O4.HI/c1-24(2)19(25)14-23-20(22-13-16-7-5-6-10-28-16)21-12-15-8-9-17(26-3)18(11-15)27-4;/h8-9,11,16H,5-7,10,12-14H2,1-4H3,(H2,21,22,23);1H. The van der Waals surface area contributed by atoms with E-state index in [0.717, 1.165) is 25.0 Å². The molecule has 29 heavy (non-hydrogen) atoms. The summed E-state index contributed by atoms with van der Waals surface area (Å²) in [4.78, 5) is 18.1. The zero-order valence-electron chi connectivity index (χ0n) is 17.7. The van der Waals surface area contributed by atoms with Gasteiger partial charge in [0.2, 0.25) is 5.91 Å². The van der Waals surface area contributed by atoms with Crippen LogP contribution in [0.25, 0.3) is 0 Å². The van der Waals surface area contributed by atoms with Gasteiger partial charge >= 0.3 is 0 Å². The molecular formula is C20H33IN4O4. The van der Waals surface area contributed by atoms with E-state index in [1.807, 2.05) is 18.2 Å². The van der Waals surface area contributed by atoms with Crippen LogP contribution in [0.2, 0.25) is 0 Å². The van der Waals surface area contributed by atoms with Crippen LogP contribution >= 0.6 is 24.0 Å². The monoisotopic (exact) mass is 520 g/mol. The molecule has 0 radical (unpaired) electrons. The largest absolute Gasteiger partial charge is 0.493 e. The Bertz CT molecular complexity index is 664. The Morgan fingerprint density at radius 3 is 2.59 bits per heavy atom. The number of amides is 1. The smallest absolute Gasteiger partial charge is 0.241 e. The number of rotatable bonds is 8. The summed E-state index contributed by atoms with van der Waals surface area (Å²) >= 11 is 0. The van der Waals surface area contributed by atoms with Crippen LogP contribution in [0.5, 0.6) is 11.5 Å². The molecular weight excluding hydrogens is 487 g/mol. The fraction of sp³-hybridized carbons (Fsp3) is 0.600. The molecule has 0 bridgehead atoms. The van der Waals surface area contributed by atoms with E-state index in [0.29, 0.717) is 30.5 Å². The number of benzene rings is 1. The number of aliphatic imine (C=N–C) groups is 1. The van der Waals surface area contributed by atoms with E-state index in [9.17, 15) is 4.79 Å². The molecule has 8 nitrogen and oxygen atoms in total. The molecule has 1 fully saturated rings. The van der Waals surface area contributed by atoms with E-state index >= 15 is 0 Å². The molecule has 0 spiro atoms. The second-order valence-corrected chi connectivity index (χ2v) is 6.87. The quantitative estimate of drug-likeness (QED) is 0.310. The predicted molar refractivity (Wildman–Crippen MR) is 124 cm³/mol. The van der Waals surface area contributed by atoms with Crippen molar-refractivity contribution in [3.05, 3.63) is 23.8 Å². The lowest BCUT2D eigenvalue weighted by molar-refractivity contribution is -0.127. The number of ether oxygens (including phenoxy) is 3. The van der Waals surface area contributed by atoms with Crippen molar-refractivity contribution in [3.8, 4) is 11.5 Å². The van der Waals surface area contributed by atoms with Gasteiger partial charge in [0.15, 0.2) is 17.5 Å². The van der Waals surface area contributed by atoms with Crippen LogP contribution in [-0.2, 0) is 16.1 Å². The lowest BCUT2D eigenvalue weighted by Crippen LogP contribution is -2.45. The highest BCUT2D eigenvalue weighted by atomic mass is 127. The van der Waals surface area contributed by atoms with E-state index in [1.165, 1.54) is 6.42 Å². The first kappa shape index (κ1) is 25.3. The Kier molecular flexibility index (Phi) is 11.7. The van der Waals surface area contributed by atoms with Gasteiger partial charge in [-0.3, -0.25) is 4.79 Å². The van der Waals surface area contributed by atoms with E-state index < -0.39 is 0 Å². The summed E-state index contributed by atoms with van der Waals surface area (Å²) in [5.41, 5.74) is 0.978. The average molecular weight is 520 g/mol. The number of methoxy groups -OCH3 is 2. The van der Waals surface area contributed by atoms with Gasteiger partial charge in [-0.1, -0.05) is 6.07 Å². The number of carbonyl (C=O) groups is 1. The SMILES string of the molecule is COc1ccc(CN=C(NCC(=O)N(C)C)NCC2CCCCO2)cc1OC.I. The van der Waals surface area contributed by atoms with Crippen molar-refractivity contribution in [1.82, 2.24) is 15.5 Å². The summed E-state index contributed by atoms with van der Waals surface area (Å²) in [6.45, 7) is 2.08. The van der Waals surface area contributed by atoms with Crippen molar-refractivity contribution in [2.75, 3.05) is 48.0 Å². The molecule has 2 rings (SSSR count). The first-order valence-electron chi connectivity index (χ1n) is 9.58. The number of hydrogen-bond acceptors (Lipinski definition) is 5. The van der Waals surface area contributed by atoms with Gasteiger partial charge in [-0.05, 0) is 37.0 Å². The van der Waals surface area contributed by atoms with Crippen LogP contribution in [0.1, 0.15) is 24.8 Å². The highest BCUT2D eigenvalue weighted by Gasteiger charge is 2.15. The average Bonchev–Trinajstić information content (AvgIpc) is 2.73. The molecule has 0 saturated carbocycles. The Labute approximate surface area is 190 Å². The zero-order valence-corrected chi connectivity index (χ0v) is 20.0. The minimum Gasteiger partial charge on any atom is -0.493 e. The third-order valence-corrected chi connectivity index (χ3v) is 4.54. The molecule has 0 aliphatic carbocycles. The highest BCUT2D eigenvalue weighted by Crippen LogP contribution is 2.27. The molecule has 1 atom stereocenters. The van der Waals surface area contributed by atoms with Gasteiger partial charge in [0.25, 0.3) is 0 Å². The molecule has 1 saturated heterocycles. The summed E-state index contributed by atoms with van der Waals surface area (Å²) in [6, 6.07) is 5.70. The first-order chi connectivity index (χ1) is 13.5. The normalized spacial score (nSPS) is 16.4. The summed E-state index contributed by atoms with van der Waals surface area (Å²) in [5.74, 6) is 1.91. The molecule has 1 aliphatic rings. The van der Waals surface area contributed by atoms with E-state index in [1.54, 1.807) is 33.2 Å². The maximum Gasteiger partial charge on any atom is 0.241 e. The predicted octanol–water partition coefficient (Wildman–Crippen LogP) is 2.01. The molecule has 1 unspecified atom stereocenters. The van der Waals surface area contributed by atoms with E-state index in [4.69, 9.17) is 14.2 Å². The van der Waals surface area contributed by atoms with Crippen molar-refractivity contribution in [3.63, 3.8) is 0 Å². The lowest BCUT2D eigenvalue weighted by Gasteiger charge is -2.24. The van der Waals surface area contributed by atoms with Gasteiger partial charge in [0, 0.05) is 27.2 Å². The minimum atomic E-state index is -0.0190. The molecule has 1 aromatic rings. The fourth-order valence-electron chi connectivity index (χ4n) is 2.82. The third kappa shape index (κ3) is 8.65. The molecule has 164 valence electrons. The molecule has 9 heteroatoms. The second kappa shape index (κ2) is 13.5. The number of nitrogens with one attached hydrogen (secondary N) is 2. The summed E-state index contributed by atoms with van der Waals surface area (Å²) in [6.07, 6.45) is 3.50. The third-order valence-electron chi connectivity index (χ3n) is 4.54. The van der Waals surface area contributed by atoms with Crippen molar-refractivity contribution in [1.29, 1.82) is 0 Å². The van der Waals surface area contributed by atoms with Gasteiger partial charge in [0.05, 0.1) is 33.4 Å². The fourth-order valence-corrected chi connectivity index (χ4v) is 2.82. The molecule has 0 aromatic heterocycles. The number of halogens is 1. The Morgan fingerprint density at radius 2 is 1.97 bits per heavy atom. The number of nitrogens with zero attached hydrogens (tertiary/aromatic N) is 2. The van der Waals surface area contributed by atoms with Crippen molar-refractivity contribution in [2.24, 2.45) is 4.99 Å². The number of carbonyl (C=O) groups excluding carboxylic acids is 1. The maximum atomic E-state index is 11.9. The topological polar surface area (TPSA) is 84.4 Å². The summed E-state index contributed by atoms with van der Waals surface area (Å²) in [5, 5.41) is 6.39. The Hall–Kier alpha value is -1.75. The van der Waals surface area contributed by atoms with Gasteiger partial charge in [-0.2, -0.15) is 0 Å². The van der Waals surface area contributed by atoms with Gasteiger partial charge in [-0.15, -0.1) is 24.0 Å². The molecule has 1 heterocycles. The van der Waals surface area contributed by atoms with Gasteiger partial charge in [0.1, 0.15) is 0 Å². The Morgan fingerprint density at radius 1 is 1.21 bits per heavy atom. The first-order valence-corrected chi connectivity index (χ1v) is 9.58. The van der Waals surface area contributed by atoms with Crippen LogP contribution in [0.3, 0.4) is 0 Å². The van der Waals surface area contributed by atoms with Crippen LogP contribution in [0, 0.1) is 0 Å². The summed E-state index contributed by atoms with van der Waals surface area (Å²) < 4.78 is 16.4. The van der Waals surface area contributed by atoms with Crippen molar-refractivity contribution in [2.45, 2.75) is 31.9 Å². The van der Waals surface area contributed by atoms with Gasteiger partial charge < -0.3 is 29.7 Å². The maximum absolute atomic E-state index is 11.9. The van der Waals surface area contributed by atoms with Crippen LogP contribution < -0.4 is 20.1 Å². The van der Waals surface area contributed by atoms with Crippen LogP contribution in [0.4, 0.5) is 0 Å². The van der Waals surface area contributed by atoms with Crippen LogP contribution in [0.15, 0.2) is 23.2 Å². The Balaban J connectivity index is 0.00000420. The highest BCUT2D eigenvalue weighted by molar-refractivity contribution is 14.0. The van der Waals surface area contributed by atoms with Gasteiger partial charge in [-0.25, -0.2) is 4.99 Å².